The third-order valence-electron chi connectivity index (χ3n) is 0.973. The molecule has 1 fully saturated rings. The van der Waals surface area contributed by atoms with Crippen LogP contribution in [0.4, 0.5) is 0 Å². The smallest absolute Gasteiger partial charge is 0.252 e. The van der Waals surface area contributed by atoms with Crippen LogP contribution in [0.25, 0.3) is 0 Å². The second kappa shape index (κ2) is 2.11. The summed E-state index contributed by atoms with van der Waals surface area (Å²) in [6.45, 7) is 0.813. The maximum Gasteiger partial charge on any atom is 0.252 e. The molecule has 0 saturated carbocycles. The van der Waals surface area contributed by atoms with Crippen LogP contribution in [0.3, 0.4) is 0 Å². The summed E-state index contributed by atoms with van der Waals surface area (Å²) in [5.41, 5.74) is 5.01. The molecule has 1 rings (SSSR count). The van der Waals surface area contributed by atoms with Crippen molar-refractivity contribution in [3.05, 3.63) is 0 Å². The van der Waals surface area contributed by atoms with Gasteiger partial charge in [-0.25, -0.2) is 5.43 Å². The molecule has 0 spiro atoms. The molecule has 0 radical (unpaired) electrons. The van der Waals surface area contributed by atoms with Crippen molar-refractivity contribution in [3.8, 4) is 0 Å². The van der Waals surface area contributed by atoms with E-state index in [1.165, 1.54) is 0 Å². The number of amides is 1. The first-order valence-electron chi connectivity index (χ1n) is 2.54. The molecule has 0 aromatic carbocycles. The zero-order valence-electron chi connectivity index (χ0n) is 4.69. The number of hydrazine groups is 1. The Kier molecular flexibility index (Phi) is 1.45. The van der Waals surface area contributed by atoms with Gasteiger partial charge in [0, 0.05) is 13.6 Å². The minimum atomic E-state index is 0.0208. The topological polar surface area (TPSA) is 63.1 Å². The van der Waals surface area contributed by atoms with Crippen molar-refractivity contribution >= 4 is 5.91 Å². The SMILES string of the molecule is CNNC(=O)C1CN1. The van der Waals surface area contributed by atoms with Gasteiger partial charge in [-0.05, 0) is 0 Å². The van der Waals surface area contributed by atoms with Crippen molar-refractivity contribution in [1.82, 2.24) is 16.2 Å². The highest BCUT2D eigenvalue weighted by Crippen LogP contribution is 1.93. The average molecular weight is 115 g/mol. The second-order valence-corrected chi connectivity index (χ2v) is 1.70. The molecule has 1 heterocycles. The van der Waals surface area contributed by atoms with E-state index in [1.54, 1.807) is 7.05 Å². The Labute approximate surface area is 47.6 Å². The number of nitrogens with one attached hydrogen (secondary N) is 3. The maximum absolute atomic E-state index is 10.6. The van der Waals surface area contributed by atoms with Gasteiger partial charge in [0.25, 0.3) is 5.91 Å². The Hall–Kier alpha value is -0.610. The summed E-state index contributed by atoms with van der Waals surface area (Å²) in [6.07, 6.45) is 0. The lowest BCUT2D eigenvalue weighted by Crippen LogP contribution is -2.38. The third-order valence-corrected chi connectivity index (χ3v) is 0.973. The summed E-state index contributed by atoms with van der Waals surface area (Å²) < 4.78 is 0. The van der Waals surface area contributed by atoms with Crippen LogP contribution in [0.1, 0.15) is 0 Å². The molecule has 0 aliphatic carbocycles. The van der Waals surface area contributed by atoms with Crippen molar-refractivity contribution < 1.29 is 4.79 Å². The predicted molar refractivity (Wildman–Crippen MR) is 29.0 cm³/mol. The maximum atomic E-state index is 10.6. The highest BCUT2D eigenvalue weighted by atomic mass is 16.2. The van der Waals surface area contributed by atoms with Gasteiger partial charge < -0.3 is 5.32 Å². The molecular weight excluding hydrogens is 106 g/mol. The van der Waals surface area contributed by atoms with Gasteiger partial charge in [0.15, 0.2) is 0 Å². The van der Waals surface area contributed by atoms with Crippen LogP contribution < -0.4 is 16.2 Å². The fourth-order valence-corrected chi connectivity index (χ4v) is 0.455. The Bertz CT molecular complexity index is 99.5. The molecule has 4 nitrogen and oxygen atoms in total. The fraction of sp³-hybridized carbons (Fsp3) is 0.750. The highest BCUT2D eigenvalue weighted by Gasteiger charge is 2.27. The second-order valence-electron chi connectivity index (χ2n) is 1.70. The fourth-order valence-electron chi connectivity index (χ4n) is 0.455. The van der Waals surface area contributed by atoms with Gasteiger partial charge in [-0.15, -0.1) is 0 Å². The molecule has 1 atom stereocenters. The minimum absolute atomic E-state index is 0.0208. The molecule has 0 aromatic heterocycles. The molecule has 3 N–H and O–H groups in total. The lowest BCUT2D eigenvalue weighted by Gasteiger charge is -1.96. The molecule has 0 aromatic rings. The van der Waals surface area contributed by atoms with Gasteiger partial charge in [0.2, 0.25) is 0 Å². The normalized spacial score (nSPS) is 24.9. The number of rotatable bonds is 2. The molecular formula is C4H9N3O. The monoisotopic (exact) mass is 115 g/mol. The van der Waals surface area contributed by atoms with Crippen LogP contribution in [-0.4, -0.2) is 25.5 Å². The van der Waals surface area contributed by atoms with Gasteiger partial charge >= 0.3 is 0 Å². The van der Waals surface area contributed by atoms with E-state index in [0.29, 0.717) is 0 Å². The van der Waals surface area contributed by atoms with E-state index in [9.17, 15) is 4.79 Å². The van der Waals surface area contributed by atoms with Crippen molar-refractivity contribution in [1.29, 1.82) is 0 Å². The molecule has 4 heteroatoms. The van der Waals surface area contributed by atoms with Gasteiger partial charge in [0.05, 0.1) is 0 Å². The van der Waals surface area contributed by atoms with Crippen LogP contribution in [0.15, 0.2) is 0 Å². The van der Waals surface area contributed by atoms with Gasteiger partial charge in [-0.3, -0.25) is 10.2 Å². The van der Waals surface area contributed by atoms with Crippen LogP contribution >= 0.6 is 0 Å². The van der Waals surface area contributed by atoms with Gasteiger partial charge in [-0.1, -0.05) is 0 Å². The largest absolute Gasteiger partial charge is 0.303 e. The number of carbonyl (C=O) groups excluding carboxylic acids is 1. The highest BCUT2D eigenvalue weighted by molar-refractivity contribution is 5.84. The molecule has 0 bridgehead atoms. The van der Waals surface area contributed by atoms with Crippen molar-refractivity contribution in [2.24, 2.45) is 0 Å². The quantitative estimate of drug-likeness (QED) is 0.294. The van der Waals surface area contributed by atoms with Crippen LogP contribution in [0.5, 0.6) is 0 Å². The molecule has 1 aliphatic rings. The summed E-state index contributed by atoms with van der Waals surface area (Å²) in [4.78, 5) is 10.6. The third kappa shape index (κ3) is 1.18. The first kappa shape index (κ1) is 5.53. The van der Waals surface area contributed by atoms with Gasteiger partial charge in [0.1, 0.15) is 6.04 Å². The summed E-state index contributed by atoms with van der Waals surface area (Å²) in [5, 5.41) is 2.87. The van der Waals surface area contributed by atoms with E-state index in [0.717, 1.165) is 6.54 Å². The van der Waals surface area contributed by atoms with Crippen LogP contribution in [-0.2, 0) is 4.79 Å². The van der Waals surface area contributed by atoms with Crippen molar-refractivity contribution in [3.63, 3.8) is 0 Å². The Morgan fingerprint density at radius 3 is 2.88 bits per heavy atom. The van der Waals surface area contributed by atoms with Crippen molar-refractivity contribution in [2.45, 2.75) is 6.04 Å². The lowest BCUT2D eigenvalue weighted by molar-refractivity contribution is -0.121. The van der Waals surface area contributed by atoms with E-state index < -0.39 is 0 Å². The van der Waals surface area contributed by atoms with Gasteiger partial charge in [-0.2, -0.15) is 0 Å². The molecule has 1 unspecified atom stereocenters. The van der Waals surface area contributed by atoms with E-state index in [1.807, 2.05) is 0 Å². The Balaban J connectivity index is 2.13. The summed E-state index contributed by atoms with van der Waals surface area (Å²) in [7, 11) is 1.67. The van der Waals surface area contributed by atoms with Crippen LogP contribution in [0.2, 0.25) is 0 Å². The Morgan fingerprint density at radius 2 is 2.50 bits per heavy atom. The standard InChI is InChI=1S/C4H9N3O/c1-5-7-4(8)3-2-6-3/h3,5-6H,2H2,1H3,(H,7,8). The molecule has 1 saturated heterocycles. The minimum Gasteiger partial charge on any atom is -0.303 e. The summed E-state index contributed by atoms with van der Waals surface area (Å²) >= 11 is 0. The number of hydrogen-bond donors (Lipinski definition) is 3. The first-order chi connectivity index (χ1) is 3.84. The molecule has 8 heavy (non-hydrogen) atoms. The Morgan fingerprint density at radius 1 is 1.88 bits per heavy atom. The van der Waals surface area contributed by atoms with E-state index in [-0.39, 0.29) is 11.9 Å². The molecule has 1 amide bonds. The summed E-state index contributed by atoms with van der Waals surface area (Å²) in [6, 6.07) is 0.0578. The van der Waals surface area contributed by atoms with Crippen molar-refractivity contribution in [2.75, 3.05) is 13.6 Å². The molecule has 1 aliphatic heterocycles. The predicted octanol–water partition coefficient (Wildman–Crippen LogP) is -1.79. The van der Waals surface area contributed by atoms with Crippen LogP contribution in [0, 0.1) is 0 Å². The van der Waals surface area contributed by atoms with E-state index >= 15 is 0 Å². The molecule has 46 valence electrons. The average Bonchev–Trinajstić information content (AvgIpc) is 2.45. The number of carbonyl (C=O) groups is 1. The van der Waals surface area contributed by atoms with E-state index in [2.05, 4.69) is 16.2 Å². The zero-order valence-corrected chi connectivity index (χ0v) is 4.69. The number of hydrogen-bond acceptors (Lipinski definition) is 3. The lowest BCUT2D eigenvalue weighted by atomic mass is 10.5. The zero-order chi connectivity index (χ0) is 5.98. The first-order valence-corrected chi connectivity index (χ1v) is 2.54. The van der Waals surface area contributed by atoms with E-state index in [4.69, 9.17) is 0 Å². The summed E-state index contributed by atoms with van der Waals surface area (Å²) in [5.74, 6) is 0.0208.